The maximum Gasteiger partial charge on any atom is 0.255 e. The molecule has 3 aromatic rings. The summed E-state index contributed by atoms with van der Waals surface area (Å²) >= 11 is 1.40. The fourth-order valence-electron chi connectivity index (χ4n) is 2.89. The Hall–Kier alpha value is -3.59. The molecule has 1 N–H and O–H groups in total. The van der Waals surface area contributed by atoms with Crippen molar-refractivity contribution in [1.82, 2.24) is 4.98 Å². The summed E-state index contributed by atoms with van der Waals surface area (Å²) in [5.41, 5.74) is 0.920. The second kappa shape index (κ2) is 9.69. The smallest absolute Gasteiger partial charge is 0.255 e. The highest BCUT2D eigenvalue weighted by Gasteiger charge is 2.16. The lowest BCUT2D eigenvalue weighted by Gasteiger charge is -2.11. The van der Waals surface area contributed by atoms with Crippen LogP contribution < -0.4 is 10.1 Å². The summed E-state index contributed by atoms with van der Waals surface area (Å²) in [7, 11) is 1.47. The molecule has 0 unspecified atom stereocenters. The van der Waals surface area contributed by atoms with E-state index >= 15 is 0 Å². The molecule has 1 aromatic heterocycles. The number of benzene rings is 2. The fourth-order valence-corrected chi connectivity index (χ4v) is 3.71. The second-order valence-electron chi connectivity index (χ2n) is 6.84. The molecule has 0 aliphatic rings. The molecule has 0 bridgehead atoms. The number of methoxy groups -OCH3 is 1. The van der Waals surface area contributed by atoms with Gasteiger partial charge in [-0.3, -0.25) is 4.79 Å². The quantitative estimate of drug-likeness (QED) is 0.280. The van der Waals surface area contributed by atoms with Gasteiger partial charge in [-0.15, -0.1) is 11.3 Å². The number of aromatic nitrogens is 1. The van der Waals surface area contributed by atoms with Gasteiger partial charge in [0.15, 0.2) is 5.76 Å². The number of ether oxygens (including phenoxy) is 1. The molecule has 9 heteroatoms. The highest BCUT2D eigenvalue weighted by molar-refractivity contribution is 7.12. The zero-order valence-corrected chi connectivity index (χ0v) is 18.8. The summed E-state index contributed by atoms with van der Waals surface area (Å²) in [5.74, 6) is -1.60. The number of nitrogens with one attached hydrogen (secondary N) is 1. The fraction of sp³-hybridized carbons (Fsp3) is 0.174. The van der Waals surface area contributed by atoms with Crippen LogP contribution in [0.15, 0.2) is 48.1 Å². The van der Waals surface area contributed by atoms with Crippen LogP contribution in [0.5, 0.6) is 5.75 Å². The van der Waals surface area contributed by atoms with Crippen molar-refractivity contribution in [2.24, 2.45) is 5.16 Å². The van der Waals surface area contributed by atoms with Gasteiger partial charge in [-0.2, -0.15) is 0 Å². The molecule has 0 saturated carbocycles. The van der Waals surface area contributed by atoms with Crippen LogP contribution in [0.3, 0.4) is 0 Å². The lowest BCUT2D eigenvalue weighted by Crippen LogP contribution is -2.14. The maximum absolute atomic E-state index is 14.4. The van der Waals surface area contributed by atoms with E-state index in [-0.39, 0.29) is 28.3 Å². The van der Waals surface area contributed by atoms with Gasteiger partial charge in [-0.25, -0.2) is 13.8 Å². The van der Waals surface area contributed by atoms with Crippen LogP contribution in [0.1, 0.15) is 38.4 Å². The Morgan fingerprint density at radius 2 is 1.94 bits per heavy atom. The number of oxime groups is 1. The van der Waals surface area contributed by atoms with Gasteiger partial charge >= 0.3 is 0 Å². The number of carbonyl (C=O) groups excluding carboxylic acids is 1. The van der Waals surface area contributed by atoms with Crippen LogP contribution in [0.2, 0.25) is 0 Å². The third-order valence-electron chi connectivity index (χ3n) is 4.48. The standard InChI is InChI=1S/C23H21F2N3O3S/c1-12(28-31-14(3)22-13(2)26-15(4)32-22)18-10-21(20(25)11-19(18)24)27-23(29)16-7-6-8-17(9-16)30-5/h6-11H,3H2,1-2,4-5H3,(H,27,29)/b28-12+. The Labute approximate surface area is 188 Å². The van der Waals surface area contributed by atoms with Crippen molar-refractivity contribution in [3.05, 3.63) is 81.3 Å². The molecule has 0 fully saturated rings. The van der Waals surface area contributed by atoms with Crippen molar-refractivity contribution in [3.8, 4) is 5.75 Å². The Bertz CT molecular complexity index is 1220. The number of hydrogen-bond acceptors (Lipinski definition) is 6. The number of nitrogens with zero attached hydrogens (tertiary/aromatic N) is 2. The normalized spacial score (nSPS) is 11.2. The van der Waals surface area contributed by atoms with Crippen molar-refractivity contribution < 1.29 is 23.1 Å². The molecular weight excluding hydrogens is 436 g/mol. The SMILES string of the molecule is C=C(O/N=C(\C)c1cc(NC(=O)c2cccc(OC)c2)c(F)cc1F)c1sc(C)nc1C. The Balaban J connectivity index is 1.82. The lowest BCUT2D eigenvalue weighted by atomic mass is 10.1. The van der Waals surface area contributed by atoms with Crippen molar-refractivity contribution in [2.75, 3.05) is 12.4 Å². The Morgan fingerprint density at radius 1 is 1.19 bits per heavy atom. The van der Waals surface area contributed by atoms with Crippen LogP contribution in [-0.4, -0.2) is 23.7 Å². The van der Waals surface area contributed by atoms with E-state index in [4.69, 9.17) is 9.57 Å². The molecule has 166 valence electrons. The molecule has 6 nitrogen and oxygen atoms in total. The molecule has 0 spiro atoms. The topological polar surface area (TPSA) is 72.8 Å². The van der Waals surface area contributed by atoms with Gasteiger partial charge in [0.1, 0.15) is 17.4 Å². The summed E-state index contributed by atoms with van der Waals surface area (Å²) in [4.78, 5) is 22.9. The molecule has 1 amide bonds. The van der Waals surface area contributed by atoms with E-state index in [1.165, 1.54) is 31.4 Å². The number of anilines is 1. The highest BCUT2D eigenvalue weighted by atomic mass is 32.1. The molecule has 32 heavy (non-hydrogen) atoms. The van der Waals surface area contributed by atoms with E-state index in [1.807, 2.05) is 13.8 Å². The van der Waals surface area contributed by atoms with E-state index in [0.717, 1.165) is 21.6 Å². The van der Waals surface area contributed by atoms with Crippen LogP contribution in [0.25, 0.3) is 5.76 Å². The minimum Gasteiger partial charge on any atom is -0.497 e. The second-order valence-corrected chi connectivity index (χ2v) is 8.04. The monoisotopic (exact) mass is 457 g/mol. The molecule has 1 heterocycles. The van der Waals surface area contributed by atoms with E-state index in [1.54, 1.807) is 18.2 Å². The first-order valence-corrected chi connectivity index (χ1v) is 10.3. The molecule has 0 radical (unpaired) electrons. The average molecular weight is 458 g/mol. The molecule has 0 saturated heterocycles. The number of amides is 1. The summed E-state index contributed by atoms with van der Waals surface area (Å²) in [6.45, 7) is 9.01. The van der Waals surface area contributed by atoms with Crippen LogP contribution in [0.4, 0.5) is 14.5 Å². The summed E-state index contributed by atoms with van der Waals surface area (Å²) in [5, 5.41) is 7.21. The zero-order chi connectivity index (χ0) is 23.4. The minimum absolute atomic E-state index is 0.0302. The predicted molar refractivity (Wildman–Crippen MR) is 121 cm³/mol. The molecule has 0 aliphatic carbocycles. The van der Waals surface area contributed by atoms with Gasteiger partial charge < -0.3 is 14.9 Å². The van der Waals surface area contributed by atoms with Crippen LogP contribution in [-0.2, 0) is 4.84 Å². The number of halogens is 2. The third kappa shape index (κ3) is 5.17. The first-order valence-electron chi connectivity index (χ1n) is 9.49. The predicted octanol–water partition coefficient (Wildman–Crippen LogP) is 5.71. The molecule has 0 atom stereocenters. The first-order chi connectivity index (χ1) is 15.2. The van der Waals surface area contributed by atoms with Crippen molar-refractivity contribution in [3.63, 3.8) is 0 Å². The summed E-state index contributed by atoms with van der Waals surface area (Å²) in [6.07, 6.45) is 0. The van der Waals surface area contributed by atoms with Crippen molar-refractivity contribution in [2.45, 2.75) is 20.8 Å². The molecule has 0 aliphatic heterocycles. The Morgan fingerprint density at radius 3 is 2.59 bits per heavy atom. The summed E-state index contributed by atoms with van der Waals surface area (Å²) in [6, 6.07) is 8.21. The highest BCUT2D eigenvalue weighted by Crippen LogP contribution is 2.26. The van der Waals surface area contributed by atoms with Gasteiger partial charge in [-0.05, 0) is 45.0 Å². The van der Waals surface area contributed by atoms with Crippen molar-refractivity contribution >= 4 is 34.4 Å². The number of aryl methyl sites for hydroxylation is 2. The van der Waals surface area contributed by atoms with Gasteiger partial charge in [0.2, 0.25) is 0 Å². The number of carbonyl (C=O) groups is 1. The first kappa shape index (κ1) is 23.1. The minimum atomic E-state index is -0.920. The van der Waals surface area contributed by atoms with E-state index < -0.39 is 17.5 Å². The molecule has 2 aromatic carbocycles. The van der Waals surface area contributed by atoms with E-state index in [0.29, 0.717) is 11.8 Å². The number of thiazole rings is 1. The molecule has 3 rings (SSSR count). The average Bonchev–Trinajstić information content (AvgIpc) is 3.11. The van der Waals surface area contributed by atoms with E-state index in [9.17, 15) is 13.6 Å². The maximum atomic E-state index is 14.4. The van der Waals surface area contributed by atoms with Gasteiger partial charge in [0.05, 0.1) is 34.1 Å². The third-order valence-corrected chi connectivity index (χ3v) is 5.59. The van der Waals surface area contributed by atoms with Crippen molar-refractivity contribution in [1.29, 1.82) is 0 Å². The lowest BCUT2D eigenvalue weighted by molar-refractivity contribution is 0.102. The van der Waals surface area contributed by atoms with Crippen LogP contribution in [0, 0.1) is 25.5 Å². The molecular formula is C23H21F2N3O3S. The van der Waals surface area contributed by atoms with E-state index in [2.05, 4.69) is 22.0 Å². The van der Waals surface area contributed by atoms with Gasteiger partial charge in [0, 0.05) is 17.2 Å². The van der Waals surface area contributed by atoms with Gasteiger partial charge in [-0.1, -0.05) is 17.8 Å². The van der Waals surface area contributed by atoms with Crippen LogP contribution >= 0.6 is 11.3 Å². The number of hydrogen-bond donors (Lipinski definition) is 1. The van der Waals surface area contributed by atoms with Gasteiger partial charge in [0.25, 0.3) is 5.91 Å². The number of rotatable bonds is 7. The summed E-state index contributed by atoms with van der Waals surface area (Å²) < 4.78 is 33.8. The largest absolute Gasteiger partial charge is 0.497 e. The Kier molecular flexibility index (Phi) is 6.99. The zero-order valence-electron chi connectivity index (χ0n) is 18.0.